The normalized spacial score (nSPS) is 11.0. The molecule has 86 valence electrons. The second-order valence-electron chi connectivity index (χ2n) is 2.96. The SMILES string of the molecule is C=CCNS(=O)(=O)c1cccc(C(=O)[O-])c1. The molecule has 1 N–H and O–H groups in total. The number of carboxylic acid groups (broad SMARTS) is 1. The number of carboxylic acids is 1. The lowest BCUT2D eigenvalue weighted by molar-refractivity contribution is -0.255. The van der Waals surface area contributed by atoms with Crippen molar-refractivity contribution < 1.29 is 18.3 Å². The summed E-state index contributed by atoms with van der Waals surface area (Å²) >= 11 is 0. The molecule has 0 fully saturated rings. The zero-order valence-electron chi connectivity index (χ0n) is 8.34. The van der Waals surface area contributed by atoms with Gasteiger partial charge in [0.05, 0.1) is 10.9 Å². The lowest BCUT2D eigenvalue weighted by atomic mass is 10.2. The van der Waals surface area contributed by atoms with Crippen molar-refractivity contribution in [2.45, 2.75) is 4.90 Å². The first-order valence-electron chi connectivity index (χ1n) is 4.39. The minimum Gasteiger partial charge on any atom is -0.545 e. The fraction of sp³-hybridized carbons (Fsp3) is 0.100. The Hall–Kier alpha value is -1.66. The van der Waals surface area contributed by atoms with E-state index in [-0.39, 0.29) is 17.0 Å². The summed E-state index contributed by atoms with van der Waals surface area (Å²) in [7, 11) is -3.69. The third-order valence-corrected chi connectivity index (χ3v) is 3.22. The van der Waals surface area contributed by atoms with E-state index in [1.807, 2.05) is 0 Å². The number of carbonyl (C=O) groups excluding carboxylic acids is 1. The van der Waals surface area contributed by atoms with Crippen molar-refractivity contribution in [1.29, 1.82) is 0 Å². The highest BCUT2D eigenvalue weighted by Gasteiger charge is 2.12. The molecule has 0 saturated carbocycles. The van der Waals surface area contributed by atoms with Crippen LogP contribution in [-0.4, -0.2) is 20.9 Å². The van der Waals surface area contributed by atoms with Crippen LogP contribution in [0.25, 0.3) is 0 Å². The van der Waals surface area contributed by atoms with Crippen LogP contribution in [0.3, 0.4) is 0 Å². The number of rotatable bonds is 5. The van der Waals surface area contributed by atoms with Gasteiger partial charge in [0.2, 0.25) is 10.0 Å². The van der Waals surface area contributed by atoms with Gasteiger partial charge in [-0.1, -0.05) is 18.2 Å². The number of carbonyl (C=O) groups is 1. The van der Waals surface area contributed by atoms with E-state index < -0.39 is 16.0 Å². The zero-order valence-corrected chi connectivity index (χ0v) is 9.16. The van der Waals surface area contributed by atoms with Crippen LogP contribution in [0.1, 0.15) is 10.4 Å². The second-order valence-corrected chi connectivity index (χ2v) is 4.72. The van der Waals surface area contributed by atoms with Crippen molar-refractivity contribution in [3.63, 3.8) is 0 Å². The van der Waals surface area contributed by atoms with Crippen molar-refractivity contribution in [3.8, 4) is 0 Å². The molecule has 0 bridgehead atoms. The van der Waals surface area contributed by atoms with Crippen LogP contribution in [0.15, 0.2) is 41.8 Å². The van der Waals surface area contributed by atoms with Crippen LogP contribution >= 0.6 is 0 Å². The molecule has 0 atom stereocenters. The summed E-state index contributed by atoms with van der Waals surface area (Å²) in [6.45, 7) is 3.45. The number of benzene rings is 1. The third-order valence-electron chi connectivity index (χ3n) is 1.80. The highest BCUT2D eigenvalue weighted by atomic mass is 32.2. The van der Waals surface area contributed by atoms with Gasteiger partial charge in [-0.05, 0) is 17.7 Å². The lowest BCUT2D eigenvalue weighted by Crippen LogP contribution is -2.25. The predicted molar refractivity (Wildman–Crippen MR) is 56.2 cm³/mol. The molecule has 0 heterocycles. The molecule has 1 aromatic rings. The maximum Gasteiger partial charge on any atom is 0.240 e. The van der Waals surface area contributed by atoms with E-state index in [1.165, 1.54) is 24.3 Å². The second kappa shape index (κ2) is 4.91. The molecule has 0 radical (unpaired) electrons. The fourth-order valence-electron chi connectivity index (χ4n) is 1.04. The summed E-state index contributed by atoms with van der Waals surface area (Å²) in [6.07, 6.45) is 1.39. The van der Waals surface area contributed by atoms with E-state index >= 15 is 0 Å². The third kappa shape index (κ3) is 2.91. The Labute approximate surface area is 93.5 Å². The van der Waals surface area contributed by atoms with Gasteiger partial charge in [-0.3, -0.25) is 0 Å². The summed E-state index contributed by atoms with van der Waals surface area (Å²) in [5.74, 6) is -1.42. The smallest absolute Gasteiger partial charge is 0.240 e. The molecule has 5 nitrogen and oxygen atoms in total. The summed E-state index contributed by atoms with van der Waals surface area (Å²) < 4.78 is 25.4. The molecule has 1 rings (SSSR count). The van der Waals surface area contributed by atoms with Gasteiger partial charge < -0.3 is 9.90 Å². The lowest BCUT2D eigenvalue weighted by Gasteiger charge is -2.07. The molecule has 16 heavy (non-hydrogen) atoms. The van der Waals surface area contributed by atoms with Gasteiger partial charge in [0.15, 0.2) is 0 Å². The Morgan fingerprint density at radius 3 is 2.75 bits per heavy atom. The van der Waals surface area contributed by atoms with Crippen LogP contribution in [-0.2, 0) is 10.0 Å². The molecule has 0 amide bonds. The number of nitrogens with one attached hydrogen (secondary N) is 1. The molecule has 0 aliphatic rings. The molecule has 1 aromatic carbocycles. The van der Waals surface area contributed by atoms with Gasteiger partial charge in [-0.25, -0.2) is 13.1 Å². The first kappa shape index (κ1) is 12.4. The average molecular weight is 240 g/mol. The van der Waals surface area contributed by atoms with Crippen LogP contribution in [0, 0.1) is 0 Å². The Morgan fingerprint density at radius 2 is 2.19 bits per heavy atom. The molecule has 0 unspecified atom stereocenters. The van der Waals surface area contributed by atoms with E-state index in [4.69, 9.17) is 0 Å². The summed E-state index contributed by atoms with van der Waals surface area (Å²) in [5, 5.41) is 10.6. The maximum atomic E-state index is 11.6. The van der Waals surface area contributed by atoms with Gasteiger partial charge >= 0.3 is 0 Å². The molecular weight excluding hydrogens is 230 g/mol. The summed E-state index contributed by atoms with van der Waals surface area (Å²) in [6, 6.07) is 4.95. The number of aromatic carboxylic acids is 1. The Balaban J connectivity index is 3.08. The van der Waals surface area contributed by atoms with Gasteiger partial charge in [-0.2, -0.15) is 0 Å². The maximum absolute atomic E-state index is 11.6. The molecular formula is C10H10NO4S-. The minimum absolute atomic E-state index is 0.0812. The standard InChI is InChI=1S/C10H11NO4S/c1-2-6-11-16(14,15)9-5-3-4-8(7-9)10(12)13/h2-5,7,11H,1,6H2,(H,12,13)/p-1. The fourth-order valence-corrected chi connectivity index (χ4v) is 2.09. The van der Waals surface area contributed by atoms with Crippen molar-refractivity contribution in [3.05, 3.63) is 42.5 Å². The Bertz CT molecular complexity index is 507. The van der Waals surface area contributed by atoms with Crippen LogP contribution in [0.4, 0.5) is 0 Å². The Morgan fingerprint density at radius 1 is 1.50 bits per heavy atom. The minimum atomic E-state index is -3.69. The number of hydrogen-bond donors (Lipinski definition) is 1. The molecule has 0 aromatic heterocycles. The van der Waals surface area contributed by atoms with Crippen LogP contribution in [0.5, 0.6) is 0 Å². The van der Waals surface area contributed by atoms with Crippen molar-refractivity contribution in [2.75, 3.05) is 6.54 Å². The summed E-state index contributed by atoms with van der Waals surface area (Å²) in [4.78, 5) is 10.4. The number of sulfonamides is 1. The molecule has 0 aliphatic heterocycles. The Kier molecular flexibility index (Phi) is 3.81. The first-order chi connectivity index (χ1) is 7.47. The van der Waals surface area contributed by atoms with Crippen molar-refractivity contribution in [2.24, 2.45) is 0 Å². The van der Waals surface area contributed by atoms with E-state index in [2.05, 4.69) is 11.3 Å². The molecule has 0 saturated heterocycles. The molecule has 0 aliphatic carbocycles. The topological polar surface area (TPSA) is 86.3 Å². The van der Waals surface area contributed by atoms with Gasteiger partial charge in [0.1, 0.15) is 0 Å². The first-order valence-corrected chi connectivity index (χ1v) is 5.87. The van der Waals surface area contributed by atoms with Crippen LogP contribution < -0.4 is 9.83 Å². The van der Waals surface area contributed by atoms with Gasteiger partial charge in [-0.15, -0.1) is 6.58 Å². The van der Waals surface area contributed by atoms with E-state index in [9.17, 15) is 18.3 Å². The number of hydrogen-bond acceptors (Lipinski definition) is 4. The predicted octanol–water partition coefficient (Wildman–Crippen LogP) is -0.486. The van der Waals surface area contributed by atoms with E-state index in [0.717, 1.165) is 6.07 Å². The van der Waals surface area contributed by atoms with Gasteiger partial charge in [0, 0.05) is 6.54 Å². The average Bonchev–Trinajstić information content (AvgIpc) is 2.26. The largest absolute Gasteiger partial charge is 0.545 e. The molecule has 6 heteroatoms. The van der Waals surface area contributed by atoms with E-state index in [1.54, 1.807) is 0 Å². The van der Waals surface area contributed by atoms with Crippen molar-refractivity contribution in [1.82, 2.24) is 4.72 Å². The summed E-state index contributed by atoms with van der Waals surface area (Å²) in [5.41, 5.74) is -0.179. The van der Waals surface area contributed by atoms with E-state index in [0.29, 0.717) is 0 Å². The van der Waals surface area contributed by atoms with Crippen LogP contribution in [0.2, 0.25) is 0 Å². The van der Waals surface area contributed by atoms with Gasteiger partial charge in [0.25, 0.3) is 0 Å². The zero-order chi connectivity index (χ0) is 12.2. The monoisotopic (exact) mass is 240 g/mol. The van der Waals surface area contributed by atoms with Crippen molar-refractivity contribution >= 4 is 16.0 Å². The quantitative estimate of drug-likeness (QED) is 0.704. The highest BCUT2D eigenvalue weighted by Crippen LogP contribution is 2.10. The highest BCUT2D eigenvalue weighted by molar-refractivity contribution is 7.89. The molecule has 0 spiro atoms.